The van der Waals surface area contributed by atoms with E-state index in [9.17, 15) is 4.79 Å². The van der Waals surface area contributed by atoms with E-state index in [1.54, 1.807) is 12.0 Å². The average Bonchev–Trinajstić information content (AvgIpc) is 2.78. The Labute approximate surface area is 168 Å². The van der Waals surface area contributed by atoms with Crippen LogP contribution >= 0.6 is 0 Å². The van der Waals surface area contributed by atoms with Gasteiger partial charge in [-0.2, -0.15) is 9.97 Å². The topological polar surface area (TPSA) is 73.8 Å². The minimum atomic E-state index is -0.267. The van der Waals surface area contributed by atoms with E-state index in [4.69, 9.17) is 14.2 Å². The van der Waals surface area contributed by atoms with Crippen LogP contribution in [0.25, 0.3) is 0 Å². The Balaban J connectivity index is 1.90. The van der Waals surface area contributed by atoms with E-state index in [0.29, 0.717) is 17.7 Å². The molecule has 0 saturated carbocycles. The molecule has 2 heterocycles. The number of para-hydroxylation sites is 1. The predicted molar refractivity (Wildman–Crippen MR) is 108 cm³/mol. The Morgan fingerprint density at radius 1 is 0.931 bits per heavy atom. The van der Waals surface area contributed by atoms with Crippen LogP contribution in [-0.2, 0) is 6.42 Å². The predicted octanol–water partition coefficient (Wildman–Crippen LogP) is 3.45. The number of anilines is 1. The van der Waals surface area contributed by atoms with Gasteiger partial charge in [0.2, 0.25) is 5.88 Å². The first-order chi connectivity index (χ1) is 14.2. The molecule has 7 nitrogen and oxygen atoms in total. The number of carbonyl (C=O) groups is 1. The minimum absolute atomic E-state index is 0.172. The molecule has 7 heteroatoms. The van der Waals surface area contributed by atoms with E-state index in [-0.39, 0.29) is 23.8 Å². The molecule has 0 radical (unpaired) electrons. The lowest BCUT2D eigenvalue weighted by Gasteiger charge is -2.36. The Morgan fingerprint density at radius 2 is 1.72 bits per heavy atom. The summed E-state index contributed by atoms with van der Waals surface area (Å²) in [5.74, 6) is 0.721. The lowest BCUT2D eigenvalue weighted by Crippen LogP contribution is -2.41. The van der Waals surface area contributed by atoms with Gasteiger partial charge in [0, 0.05) is 12.1 Å². The maximum atomic E-state index is 13.6. The first-order valence-electron chi connectivity index (χ1n) is 9.17. The van der Waals surface area contributed by atoms with E-state index < -0.39 is 0 Å². The first-order valence-corrected chi connectivity index (χ1v) is 9.17. The number of hydrogen-bond donors (Lipinski definition) is 0. The van der Waals surface area contributed by atoms with Crippen LogP contribution in [0.2, 0.25) is 0 Å². The van der Waals surface area contributed by atoms with Crippen LogP contribution in [0.5, 0.6) is 17.6 Å². The van der Waals surface area contributed by atoms with Gasteiger partial charge in [-0.15, -0.1) is 0 Å². The van der Waals surface area contributed by atoms with E-state index in [1.807, 2.05) is 54.6 Å². The highest BCUT2D eigenvalue weighted by Crippen LogP contribution is 2.39. The molecule has 4 rings (SSSR count). The summed E-state index contributed by atoms with van der Waals surface area (Å²) in [7, 11) is 4.59. The second kappa shape index (κ2) is 7.79. The Morgan fingerprint density at radius 3 is 2.41 bits per heavy atom. The number of fused-ring (bicyclic) bond motifs is 1. The Bertz CT molecular complexity index is 1040. The monoisotopic (exact) mass is 391 g/mol. The summed E-state index contributed by atoms with van der Waals surface area (Å²) in [4.78, 5) is 24.0. The van der Waals surface area contributed by atoms with Crippen LogP contribution < -0.4 is 19.1 Å². The number of rotatable bonds is 5. The van der Waals surface area contributed by atoms with Crippen molar-refractivity contribution in [3.8, 4) is 17.6 Å². The summed E-state index contributed by atoms with van der Waals surface area (Å²) in [6, 6.07) is 17.2. The summed E-state index contributed by atoms with van der Waals surface area (Å²) >= 11 is 0. The molecule has 1 unspecified atom stereocenters. The lowest BCUT2D eigenvalue weighted by atomic mass is 9.92. The van der Waals surface area contributed by atoms with Crippen molar-refractivity contribution in [1.29, 1.82) is 0 Å². The number of aromatic nitrogens is 2. The third-order valence-electron chi connectivity index (χ3n) is 4.95. The SMILES string of the molecule is COc1cccc(C2Cc3nc(OC)nc(OC)c3C(=O)N2c2ccccc2)c1. The standard InChI is InChI=1S/C22H21N3O4/c1-27-16-11-7-8-14(12-16)18-13-17-19(20(28-2)24-22(23-17)29-3)21(26)25(18)15-9-5-4-6-10-15/h4-12,18H,13H2,1-3H3. The highest BCUT2D eigenvalue weighted by molar-refractivity contribution is 6.10. The Kier molecular flexibility index (Phi) is 5.03. The van der Waals surface area contributed by atoms with Crippen LogP contribution in [0.4, 0.5) is 5.69 Å². The van der Waals surface area contributed by atoms with Crippen LogP contribution in [0, 0.1) is 0 Å². The number of ether oxygens (including phenoxy) is 3. The van der Waals surface area contributed by atoms with Crippen LogP contribution in [0.15, 0.2) is 54.6 Å². The van der Waals surface area contributed by atoms with Crippen molar-refractivity contribution in [2.75, 3.05) is 26.2 Å². The van der Waals surface area contributed by atoms with Crippen molar-refractivity contribution in [1.82, 2.24) is 9.97 Å². The molecule has 0 aliphatic carbocycles. The number of carbonyl (C=O) groups excluding carboxylic acids is 1. The van der Waals surface area contributed by atoms with Crippen molar-refractivity contribution >= 4 is 11.6 Å². The number of methoxy groups -OCH3 is 3. The van der Waals surface area contributed by atoms with Crippen LogP contribution in [0.1, 0.15) is 27.7 Å². The van der Waals surface area contributed by atoms with Gasteiger partial charge in [-0.25, -0.2) is 0 Å². The molecule has 0 N–H and O–H groups in total. The zero-order chi connectivity index (χ0) is 20.4. The molecule has 0 bridgehead atoms. The second-order valence-electron chi connectivity index (χ2n) is 6.55. The maximum absolute atomic E-state index is 13.6. The molecule has 148 valence electrons. The van der Waals surface area contributed by atoms with Crippen molar-refractivity contribution in [3.05, 3.63) is 71.4 Å². The molecule has 1 aliphatic rings. The fourth-order valence-corrected chi connectivity index (χ4v) is 3.60. The van der Waals surface area contributed by atoms with E-state index in [2.05, 4.69) is 9.97 Å². The molecule has 2 aromatic carbocycles. The summed E-state index contributed by atoms with van der Waals surface area (Å²) in [5, 5.41) is 0. The van der Waals surface area contributed by atoms with Gasteiger partial charge in [0.1, 0.15) is 11.3 Å². The third-order valence-corrected chi connectivity index (χ3v) is 4.95. The fraction of sp³-hybridized carbons (Fsp3) is 0.227. The molecule has 29 heavy (non-hydrogen) atoms. The summed E-state index contributed by atoms with van der Waals surface area (Å²) in [6.07, 6.45) is 0.484. The molecule has 3 aromatic rings. The molecular formula is C22H21N3O4. The van der Waals surface area contributed by atoms with Gasteiger partial charge in [-0.3, -0.25) is 4.79 Å². The number of nitrogens with zero attached hydrogens (tertiary/aromatic N) is 3. The smallest absolute Gasteiger partial charge is 0.319 e. The molecule has 1 aliphatic heterocycles. The average molecular weight is 391 g/mol. The molecule has 1 aromatic heterocycles. The second-order valence-corrected chi connectivity index (χ2v) is 6.55. The number of hydrogen-bond acceptors (Lipinski definition) is 6. The van der Waals surface area contributed by atoms with E-state index in [0.717, 1.165) is 17.0 Å². The van der Waals surface area contributed by atoms with Gasteiger partial charge in [-0.05, 0) is 29.8 Å². The van der Waals surface area contributed by atoms with E-state index >= 15 is 0 Å². The largest absolute Gasteiger partial charge is 0.497 e. The quantitative estimate of drug-likeness (QED) is 0.663. The van der Waals surface area contributed by atoms with E-state index in [1.165, 1.54) is 14.2 Å². The van der Waals surface area contributed by atoms with Gasteiger partial charge in [0.25, 0.3) is 5.91 Å². The zero-order valence-electron chi connectivity index (χ0n) is 16.5. The van der Waals surface area contributed by atoms with Gasteiger partial charge in [0.05, 0.1) is 33.1 Å². The number of amides is 1. The molecule has 0 spiro atoms. The van der Waals surface area contributed by atoms with Crippen molar-refractivity contribution in [3.63, 3.8) is 0 Å². The highest BCUT2D eigenvalue weighted by Gasteiger charge is 2.38. The summed E-state index contributed by atoms with van der Waals surface area (Å²) < 4.78 is 16.0. The van der Waals surface area contributed by atoms with Gasteiger partial charge < -0.3 is 19.1 Å². The molecule has 1 amide bonds. The third kappa shape index (κ3) is 3.35. The zero-order valence-corrected chi connectivity index (χ0v) is 16.5. The molecule has 0 saturated heterocycles. The maximum Gasteiger partial charge on any atom is 0.319 e. The first kappa shape index (κ1) is 18.7. The molecule has 1 atom stereocenters. The number of benzene rings is 2. The molecular weight excluding hydrogens is 370 g/mol. The molecule has 0 fully saturated rings. The highest BCUT2D eigenvalue weighted by atomic mass is 16.5. The van der Waals surface area contributed by atoms with Crippen molar-refractivity contribution in [2.45, 2.75) is 12.5 Å². The lowest BCUT2D eigenvalue weighted by molar-refractivity contribution is 0.0961. The van der Waals surface area contributed by atoms with Crippen molar-refractivity contribution in [2.24, 2.45) is 0 Å². The van der Waals surface area contributed by atoms with Crippen molar-refractivity contribution < 1.29 is 19.0 Å². The van der Waals surface area contributed by atoms with Gasteiger partial charge >= 0.3 is 6.01 Å². The summed E-state index contributed by atoms with van der Waals surface area (Å²) in [5.41, 5.74) is 2.69. The fourth-order valence-electron chi connectivity index (χ4n) is 3.60. The minimum Gasteiger partial charge on any atom is -0.497 e. The van der Waals surface area contributed by atoms with Gasteiger partial charge in [-0.1, -0.05) is 30.3 Å². The van der Waals surface area contributed by atoms with Gasteiger partial charge in [0.15, 0.2) is 0 Å². The van der Waals surface area contributed by atoms with Crippen LogP contribution in [0.3, 0.4) is 0 Å². The van der Waals surface area contributed by atoms with Crippen LogP contribution in [-0.4, -0.2) is 37.2 Å². The normalized spacial score (nSPS) is 15.6. The summed E-state index contributed by atoms with van der Waals surface area (Å²) in [6.45, 7) is 0. The Hall–Kier alpha value is -3.61.